The molecule has 0 saturated heterocycles. The molecule has 0 heterocycles. The standard InChI is InChI=1S/C12H24NO8P/c1-3-4-5-12(16)19-8-11(15)9-21-22(17,18)20-7-6-13-10(2)14/h11,15H,3-9H2,1-2H3,(H,13,14)(H,17,18). The summed E-state index contributed by atoms with van der Waals surface area (Å²) in [5, 5.41) is 11.9. The van der Waals surface area contributed by atoms with E-state index in [0.29, 0.717) is 6.42 Å². The molecule has 2 atom stereocenters. The SMILES string of the molecule is CCCCC(=O)OCC(O)COP(=O)(O)OCCNC(C)=O. The minimum absolute atomic E-state index is 0.0564. The molecule has 0 aromatic rings. The van der Waals surface area contributed by atoms with Crippen molar-refractivity contribution in [1.82, 2.24) is 5.32 Å². The van der Waals surface area contributed by atoms with E-state index in [4.69, 9.17) is 4.74 Å². The van der Waals surface area contributed by atoms with Crippen LogP contribution in [0, 0.1) is 0 Å². The predicted octanol–water partition coefficient (Wildman–Crippen LogP) is 0.350. The summed E-state index contributed by atoms with van der Waals surface area (Å²) in [7, 11) is -4.32. The fourth-order valence-electron chi connectivity index (χ4n) is 1.24. The van der Waals surface area contributed by atoms with Crippen LogP contribution in [0.3, 0.4) is 0 Å². The number of aliphatic hydroxyl groups excluding tert-OH is 1. The van der Waals surface area contributed by atoms with E-state index in [2.05, 4.69) is 14.4 Å². The van der Waals surface area contributed by atoms with Gasteiger partial charge in [0.25, 0.3) is 0 Å². The van der Waals surface area contributed by atoms with Gasteiger partial charge in [-0.1, -0.05) is 13.3 Å². The topological polar surface area (TPSA) is 131 Å². The molecule has 0 aliphatic heterocycles. The molecular formula is C12H24NO8P. The number of amides is 1. The second kappa shape index (κ2) is 11.6. The Balaban J connectivity index is 3.82. The van der Waals surface area contributed by atoms with Gasteiger partial charge >= 0.3 is 13.8 Å². The Morgan fingerprint density at radius 3 is 2.55 bits per heavy atom. The van der Waals surface area contributed by atoms with Gasteiger partial charge in [0.1, 0.15) is 12.7 Å². The highest BCUT2D eigenvalue weighted by atomic mass is 31.2. The first-order chi connectivity index (χ1) is 10.3. The molecule has 0 aliphatic rings. The Bertz CT molecular complexity index is 389. The van der Waals surface area contributed by atoms with Crippen LogP contribution in [0.2, 0.25) is 0 Å². The molecule has 0 fully saturated rings. The number of hydrogen-bond donors (Lipinski definition) is 3. The lowest BCUT2D eigenvalue weighted by atomic mass is 10.2. The molecule has 9 nitrogen and oxygen atoms in total. The molecule has 0 rings (SSSR count). The third-order valence-corrected chi connectivity index (χ3v) is 3.32. The number of aliphatic hydroxyl groups is 1. The summed E-state index contributed by atoms with van der Waals surface area (Å²) in [5.74, 6) is -0.739. The molecule has 130 valence electrons. The highest BCUT2D eigenvalue weighted by molar-refractivity contribution is 7.47. The Hall–Kier alpha value is -0.990. The van der Waals surface area contributed by atoms with Crippen molar-refractivity contribution in [2.45, 2.75) is 39.2 Å². The maximum absolute atomic E-state index is 11.4. The van der Waals surface area contributed by atoms with Gasteiger partial charge in [-0.3, -0.25) is 18.6 Å². The first-order valence-electron chi connectivity index (χ1n) is 6.97. The van der Waals surface area contributed by atoms with E-state index < -0.39 is 26.5 Å². The normalized spacial score (nSPS) is 14.9. The number of carbonyl (C=O) groups excluding carboxylic acids is 2. The van der Waals surface area contributed by atoms with E-state index in [1.165, 1.54) is 6.92 Å². The van der Waals surface area contributed by atoms with Crippen LogP contribution in [0.1, 0.15) is 33.1 Å². The number of carbonyl (C=O) groups is 2. The Morgan fingerprint density at radius 1 is 1.27 bits per heavy atom. The zero-order valence-electron chi connectivity index (χ0n) is 12.8. The van der Waals surface area contributed by atoms with Crippen LogP contribution in [-0.2, 0) is 27.9 Å². The van der Waals surface area contributed by atoms with E-state index in [1.807, 2.05) is 6.92 Å². The van der Waals surface area contributed by atoms with Crippen LogP contribution in [0.25, 0.3) is 0 Å². The number of unbranched alkanes of at least 4 members (excludes halogenated alkanes) is 1. The Kier molecular flexibility index (Phi) is 11.0. The lowest BCUT2D eigenvalue weighted by Crippen LogP contribution is -2.25. The maximum atomic E-state index is 11.4. The minimum Gasteiger partial charge on any atom is -0.463 e. The second-order valence-electron chi connectivity index (χ2n) is 4.52. The Morgan fingerprint density at radius 2 is 1.95 bits per heavy atom. The van der Waals surface area contributed by atoms with Crippen molar-refractivity contribution in [1.29, 1.82) is 0 Å². The quantitative estimate of drug-likeness (QED) is 0.263. The van der Waals surface area contributed by atoms with Crippen molar-refractivity contribution in [2.75, 3.05) is 26.4 Å². The highest BCUT2D eigenvalue weighted by Crippen LogP contribution is 2.42. The smallest absolute Gasteiger partial charge is 0.463 e. The fourth-order valence-corrected chi connectivity index (χ4v) is 1.99. The predicted molar refractivity (Wildman–Crippen MR) is 76.9 cm³/mol. The van der Waals surface area contributed by atoms with Gasteiger partial charge in [-0.2, -0.15) is 0 Å². The fraction of sp³-hybridized carbons (Fsp3) is 0.833. The lowest BCUT2D eigenvalue weighted by Gasteiger charge is -2.15. The molecule has 3 N–H and O–H groups in total. The number of phosphoric acid groups is 1. The maximum Gasteiger partial charge on any atom is 0.472 e. The molecule has 0 saturated carbocycles. The van der Waals surface area contributed by atoms with Gasteiger partial charge in [-0.15, -0.1) is 0 Å². The van der Waals surface area contributed by atoms with Crippen LogP contribution in [0.5, 0.6) is 0 Å². The second-order valence-corrected chi connectivity index (χ2v) is 5.97. The van der Waals surface area contributed by atoms with Crippen LogP contribution in [0.4, 0.5) is 0 Å². The summed E-state index contributed by atoms with van der Waals surface area (Å²) in [6.45, 7) is 2.23. The van der Waals surface area contributed by atoms with Gasteiger partial charge in [0.2, 0.25) is 5.91 Å². The van der Waals surface area contributed by atoms with Crippen LogP contribution >= 0.6 is 7.82 Å². The third-order valence-electron chi connectivity index (χ3n) is 2.33. The molecule has 0 aromatic heterocycles. The number of hydrogen-bond acceptors (Lipinski definition) is 7. The van der Waals surface area contributed by atoms with Crippen molar-refractivity contribution in [2.24, 2.45) is 0 Å². The van der Waals surface area contributed by atoms with Crippen molar-refractivity contribution in [3.63, 3.8) is 0 Å². The molecule has 0 radical (unpaired) electrons. The van der Waals surface area contributed by atoms with Crippen molar-refractivity contribution < 1.29 is 37.9 Å². The van der Waals surface area contributed by atoms with Gasteiger partial charge in [0.05, 0.1) is 13.2 Å². The average Bonchev–Trinajstić information content (AvgIpc) is 2.45. The van der Waals surface area contributed by atoms with Crippen molar-refractivity contribution >= 4 is 19.7 Å². The van der Waals surface area contributed by atoms with E-state index in [9.17, 15) is 24.2 Å². The monoisotopic (exact) mass is 341 g/mol. The number of phosphoric ester groups is 1. The highest BCUT2D eigenvalue weighted by Gasteiger charge is 2.23. The third kappa shape index (κ3) is 12.7. The van der Waals surface area contributed by atoms with Gasteiger partial charge in [0, 0.05) is 19.9 Å². The summed E-state index contributed by atoms with van der Waals surface area (Å²) in [6.07, 6.45) is 0.573. The van der Waals surface area contributed by atoms with Crippen LogP contribution < -0.4 is 5.32 Å². The minimum atomic E-state index is -4.32. The van der Waals surface area contributed by atoms with E-state index in [-0.39, 0.29) is 32.1 Å². The molecule has 22 heavy (non-hydrogen) atoms. The number of nitrogens with one attached hydrogen (secondary N) is 1. The lowest BCUT2D eigenvalue weighted by molar-refractivity contribution is -0.147. The zero-order valence-corrected chi connectivity index (χ0v) is 13.7. The van der Waals surface area contributed by atoms with Gasteiger partial charge in [-0.05, 0) is 6.42 Å². The van der Waals surface area contributed by atoms with E-state index >= 15 is 0 Å². The van der Waals surface area contributed by atoms with Gasteiger partial charge in [-0.25, -0.2) is 4.57 Å². The molecular weight excluding hydrogens is 317 g/mol. The first kappa shape index (κ1) is 21.0. The zero-order chi connectivity index (χ0) is 17.0. The van der Waals surface area contributed by atoms with Gasteiger partial charge < -0.3 is 20.1 Å². The molecule has 0 aromatic carbocycles. The first-order valence-corrected chi connectivity index (χ1v) is 8.46. The number of rotatable bonds is 12. The molecule has 1 amide bonds. The molecule has 2 unspecified atom stereocenters. The van der Waals surface area contributed by atoms with E-state index in [1.54, 1.807) is 0 Å². The van der Waals surface area contributed by atoms with Crippen molar-refractivity contribution in [3.8, 4) is 0 Å². The summed E-state index contributed by atoms with van der Waals surface area (Å²) < 4.78 is 25.3. The molecule has 0 spiro atoms. The van der Waals surface area contributed by atoms with Crippen LogP contribution in [-0.4, -0.2) is 54.3 Å². The largest absolute Gasteiger partial charge is 0.472 e. The average molecular weight is 341 g/mol. The van der Waals surface area contributed by atoms with Crippen LogP contribution in [0.15, 0.2) is 0 Å². The summed E-state index contributed by atoms with van der Waals surface area (Å²) in [5.41, 5.74) is 0. The molecule has 0 aliphatic carbocycles. The summed E-state index contributed by atoms with van der Waals surface area (Å²) in [6, 6.07) is 0. The van der Waals surface area contributed by atoms with E-state index in [0.717, 1.165) is 6.42 Å². The van der Waals surface area contributed by atoms with Gasteiger partial charge in [0.15, 0.2) is 0 Å². The number of ether oxygens (including phenoxy) is 1. The summed E-state index contributed by atoms with van der Waals surface area (Å²) >= 11 is 0. The number of esters is 1. The summed E-state index contributed by atoms with van der Waals surface area (Å²) in [4.78, 5) is 31.1. The molecule has 10 heteroatoms. The Labute approximate surface area is 129 Å². The van der Waals surface area contributed by atoms with Crippen molar-refractivity contribution in [3.05, 3.63) is 0 Å². The molecule has 0 bridgehead atoms.